The van der Waals surface area contributed by atoms with Crippen LogP contribution >= 0.6 is 11.8 Å². The number of rotatable bonds is 6. The molecular formula is C18H15F2N3O2S. The second kappa shape index (κ2) is 7.65. The lowest BCUT2D eigenvalue weighted by molar-refractivity contribution is 0.0989. The molecule has 0 bridgehead atoms. The van der Waals surface area contributed by atoms with Crippen LogP contribution in [0, 0.1) is 11.6 Å². The molecule has 5 nitrogen and oxygen atoms in total. The number of H-pyrrole nitrogens is 1. The van der Waals surface area contributed by atoms with Crippen molar-refractivity contribution in [3.8, 4) is 17.1 Å². The Morgan fingerprint density at radius 1 is 1.19 bits per heavy atom. The molecule has 0 spiro atoms. The lowest BCUT2D eigenvalue weighted by Crippen LogP contribution is -2.15. The summed E-state index contributed by atoms with van der Waals surface area (Å²) < 4.78 is 32.1. The number of nitrogens with zero attached hydrogens (tertiary/aromatic N) is 2. The molecule has 1 aromatic heterocycles. The molecule has 26 heavy (non-hydrogen) atoms. The topological polar surface area (TPSA) is 67.9 Å². The zero-order valence-electron chi connectivity index (χ0n) is 14.0. The lowest BCUT2D eigenvalue weighted by atomic mass is 10.1. The van der Waals surface area contributed by atoms with Crippen LogP contribution in [-0.4, -0.2) is 33.3 Å². The molecule has 3 aromatic rings. The third kappa shape index (κ3) is 3.91. The average Bonchev–Trinajstić information content (AvgIpc) is 3.11. The Labute approximate surface area is 152 Å². The first-order valence-corrected chi connectivity index (χ1v) is 8.58. The van der Waals surface area contributed by atoms with E-state index in [2.05, 4.69) is 15.2 Å². The number of thioether (sulfide) groups is 1. The van der Waals surface area contributed by atoms with Gasteiger partial charge in [-0.25, -0.2) is 13.8 Å². The van der Waals surface area contributed by atoms with E-state index in [0.717, 1.165) is 41.3 Å². The fourth-order valence-corrected chi connectivity index (χ4v) is 3.09. The number of hydrogen-bond donors (Lipinski definition) is 1. The van der Waals surface area contributed by atoms with Crippen LogP contribution in [0.15, 0.2) is 47.6 Å². The van der Waals surface area contributed by atoms with Gasteiger partial charge >= 0.3 is 0 Å². The standard InChI is InChI=1S/C18H15F2N3O2S/c1-10(16(24)14-9-12(19)5-8-15(14)20)26-18-21-17(22-23-18)11-3-6-13(25-2)7-4-11/h3-10H,1-2H3,(H,21,22,23). The monoisotopic (exact) mass is 375 g/mol. The number of nitrogens with one attached hydrogen (secondary N) is 1. The maximum absolute atomic E-state index is 13.8. The van der Waals surface area contributed by atoms with Gasteiger partial charge in [-0.05, 0) is 49.4 Å². The maximum atomic E-state index is 13.8. The Bertz CT molecular complexity index is 928. The summed E-state index contributed by atoms with van der Waals surface area (Å²) in [5.41, 5.74) is 0.524. The third-order valence-electron chi connectivity index (χ3n) is 3.67. The van der Waals surface area contributed by atoms with Gasteiger partial charge in [-0.1, -0.05) is 11.8 Å². The fourth-order valence-electron chi connectivity index (χ4n) is 2.29. The van der Waals surface area contributed by atoms with Gasteiger partial charge in [0.1, 0.15) is 17.4 Å². The molecule has 1 unspecified atom stereocenters. The molecule has 0 amide bonds. The van der Waals surface area contributed by atoms with Crippen molar-refractivity contribution in [2.24, 2.45) is 0 Å². The molecular weight excluding hydrogens is 360 g/mol. The highest BCUT2D eigenvalue weighted by Crippen LogP contribution is 2.26. The van der Waals surface area contributed by atoms with Crippen molar-refractivity contribution in [1.82, 2.24) is 15.2 Å². The van der Waals surface area contributed by atoms with Crippen molar-refractivity contribution in [2.45, 2.75) is 17.3 Å². The highest BCUT2D eigenvalue weighted by Gasteiger charge is 2.22. The molecule has 0 radical (unpaired) electrons. The number of Topliss-reactive ketones (excluding diaryl/α,β-unsaturated/α-hetero) is 1. The average molecular weight is 375 g/mol. The molecule has 1 atom stereocenters. The summed E-state index contributed by atoms with van der Waals surface area (Å²) in [6, 6.07) is 10.0. The first-order valence-electron chi connectivity index (χ1n) is 7.70. The number of methoxy groups -OCH3 is 1. The molecule has 8 heteroatoms. The van der Waals surface area contributed by atoms with Gasteiger partial charge in [-0.3, -0.25) is 9.89 Å². The van der Waals surface area contributed by atoms with Crippen LogP contribution in [0.2, 0.25) is 0 Å². The summed E-state index contributed by atoms with van der Waals surface area (Å²) in [6.07, 6.45) is 0. The summed E-state index contributed by atoms with van der Waals surface area (Å²) in [6.45, 7) is 1.60. The quantitative estimate of drug-likeness (QED) is 0.518. The molecule has 0 aliphatic heterocycles. The highest BCUT2D eigenvalue weighted by atomic mass is 32.2. The Kier molecular flexibility index (Phi) is 5.32. The van der Waals surface area contributed by atoms with Gasteiger partial charge in [0.25, 0.3) is 0 Å². The van der Waals surface area contributed by atoms with Crippen LogP contribution < -0.4 is 4.74 Å². The molecule has 1 N–H and O–H groups in total. The number of hydrogen-bond acceptors (Lipinski definition) is 5. The largest absolute Gasteiger partial charge is 0.497 e. The molecule has 0 saturated carbocycles. The van der Waals surface area contributed by atoms with Gasteiger partial charge in [0, 0.05) is 5.56 Å². The van der Waals surface area contributed by atoms with Crippen LogP contribution in [0.3, 0.4) is 0 Å². The zero-order valence-corrected chi connectivity index (χ0v) is 14.8. The molecule has 0 saturated heterocycles. The van der Waals surface area contributed by atoms with Gasteiger partial charge in [0.2, 0.25) is 5.16 Å². The second-order valence-electron chi connectivity index (χ2n) is 5.44. The molecule has 3 rings (SSSR count). The maximum Gasteiger partial charge on any atom is 0.209 e. The number of halogens is 2. The number of carbonyl (C=O) groups excluding carboxylic acids is 1. The minimum atomic E-state index is -0.752. The number of ether oxygens (including phenoxy) is 1. The van der Waals surface area contributed by atoms with Crippen molar-refractivity contribution in [3.63, 3.8) is 0 Å². The number of carbonyl (C=O) groups is 1. The Morgan fingerprint density at radius 3 is 2.62 bits per heavy atom. The third-order valence-corrected chi connectivity index (χ3v) is 4.63. The van der Waals surface area contributed by atoms with Crippen LogP contribution in [0.5, 0.6) is 5.75 Å². The van der Waals surface area contributed by atoms with E-state index in [1.165, 1.54) is 0 Å². The van der Waals surface area contributed by atoms with Gasteiger partial charge in [-0.2, -0.15) is 0 Å². The Hall–Kier alpha value is -2.74. The van der Waals surface area contributed by atoms with Crippen molar-refractivity contribution >= 4 is 17.5 Å². The SMILES string of the molecule is COc1ccc(-c2nc(SC(C)C(=O)c3cc(F)ccc3F)n[nH]2)cc1. The van der Waals surface area contributed by atoms with E-state index in [0.29, 0.717) is 11.0 Å². The summed E-state index contributed by atoms with van der Waals surface area (Å²) in [7, 11) is 1.58. The first-order chi connectivity index (χ1) is 12.5. The minimum Gasteiger partial charge on any atom is -0.497 e. The second-order valence-corrected chi connectivity index (χ2v) is 6.75. The predicted molar refractivity (Wildman–Crippen MR) is 94.4 cm³/mol. The highest BCUT2D eigenvalue weighted by molar-refractivity contribution is 8.00. The first kappa shape index (κ1) is 18.1. The van der Waals surface area contributed by atoms with E-state index in [-0.39, 0.29) is 5.56 Å². The van der Waals surface area contributed by atoms with Crippen molar-refractivity contribution in [1.29, 1.82) is 0 Å². The number of benzene rings is 2. The van der Waals surface area contributed by atoms with E-state index < -0.39 is 22.7 Å². The van der Waals surface area contributed by atoms with Crippen molar-refractivity contribution < 1.29 is 18.3 Å². The number of ketones is 1. The van der Waals surface area contributed by atoms with Crippen molar-refractivity contribution in [2.75, 3.05) is 7.11 Å². The summed E-state index contributed by atoms with van der Waals surface area (Å²) in [5.74, 6) is -0.682. The summed E-state index contributed by atoms with van der Waals surface area (Å²) in [4.78, 5) is 16.7. The Morgan fingerprint density at radius 2 is 1.92 bits per heavy atom. The molecule has 0 fully saturated rings. The number of aromatic nitrogens is 3. The van der Waals surface area contributed by atoms with Gasteiger partial charge in [0.05, 0.1) is 17.9 Å². The van der Waals surface area contributed by atoms with Gasteiger partial charge in [0.15, 0.2) is 11.6 Å². The number of aromatic amines is 1. The van der Waals surface area contributed by atoms with E-state index in [1.807, 2.05) is 12.1 Å². The van der Waals surface area contributed by atoms with Crippen LogP contribution in [0.1, 0.15) is 17.3 Å². The minimum absolute atomic E-state index is 0.282. The molecule has 0 aliphatic carbocycles. The van der Waals surface area contributed by atoms with Crippen LogP contribution in [-0.2, 0) is 0 Å². The Balaban J connectivity index is 1.73. The van der Waals surface area contributed by atoms with E-state index >= 15 is 0 Å². The summed E-state index contributed by atoms with van der Waals surface area (Å²) in [5, 5.41) is 6.53. The molecule has 1 heterocycles. The summed E-state index contributed by atoms with van der Waals surface area (Å²) >= 11 is 1.07. The van der Waals surface area contributed by atoms with Gasteiger partial charge < -0.3 is 4.74 Å². The normalized spacial score (nSPS) is 12.0. The van der Waals surface area contributed by atoms with Gasteiger partial charge in [-0.15, -0.1) is 5.10 Å². The smallest absolute Gasteiger partial charge is 0.209 e. The van der Waals surface area contributed by atoms with E-state index in [4.69, 9.17) is 4.74 Å². The van der Waals surface area contributed by atoms with Crippen molar-refractivity contribution in [3.05, 3.63) is 59.7 Å². The molecule has 134 valence electrons. The lowest BCUT2D eigenvalue weighted by Gasteiger charge is -2.08. The predicted octanol–water partition coefficient (Wildman–Crippen LogP) is 4.12. The molecule has 0 aliphatic rings. The van der Waals surface area contributed by atoms with E-state index in [9.17, 15) is 13.6 Å². The van der Waals surface area contributed by atoms with Crippen LogP contribution in [0.25, 0.3) is 11.4 Å². The van der Waals surface area contributed by atoms with E-state index in [1.54, 1.807) is 26.2 Å². The fraction of sp³-hybridized carbons (Fsp3) is 0.167. The zero-order chi connectivity index (χ0) is 18.7. The van der Waals surface area contributed by atoms with Crippen LogP contribution in [0.4, 0.5) is 8.78 Å². The molecule has 2 aromatic carbocycles.